The van der Waals surface area contributed by atoms with Crippen molar-refractivity contribution in [3.05, 3.63) is 23.2 Å². The van der Waals surface area contributed by atoms with Crippen molar-refractivity contribution >= 4 is 33.4 Å². The fraction of sp³-hybridized carbons (Fsp3) is 0.600. The number of fused-ring (bicyclic) bond motifs is 1. The molecule has 0 aromatic carbocycles. The number of hydrogen-bond acceptors (Lipinski definition) is 4. The highest BCUT2D eigenvalue weighted by atomic mass is 32.1. The molecule has 0 spiro atoms. The van der Waals surface area contributed by atoms with E-state index in [4.69, 9.17) is 4.74 Å². The molecule has 2 amide bonds. The van der Waals surface area contributed by atoms with Gasteiger partial charge in [-0.25, -0.2) is 0 Å². The van der Waals surface area contributed by atoms with Gasteiger partial charge in [-0.1, -0.05) is 0 Å². The number of nitrogens with one attached hydrogen (secondary N) is 1. The normalized spacial score (nSPS) is 15.6. The standard InChI is InChI=1S/C20H29N3O3S/c1-14(2)26-11-4-8-21-19(24)15-5-9-23(10-6-15)20(25)17-13-18-16(22(17)3)7-12-27-18/h7,12-15H,4-6,8-11H2,1-3H3,(H,21,24). The molecule has 1 fully saturated rings. The third-order valence-corrected chi connectivity index (χ3v) is 5.96. The van der Waals surface area contributed by atoms with E-state index in [1.54, 1.807) is 11.3 Å². The van der Waals surface area contributed by atoms with Crippen LogP contribution in [-0.2, 0) is 16.6 Å². The van der Waals surface area contributed by atoms with E-state index in [0.717, 1.165) is 35.2 Å². The van der Waals surface area contributed by atoms with Crippen molar-refractivity contribution in [1.29, 1.82) is 0 Å². The van der Waals surface area contributed by atoms with Crippen molar-refractivity contribution < 1.29 is 14.3 Å². The zero-order valence-electron chi connectivity index (χ0n) is 16.4. The summed E-state index contributed by atoms with van der Waals surface area (Å²) < 4.78 is 8.58. The Morgan fingerprint density at radius 1 is 1.33 bits per heavy atom. The Hall–Kier alpha value is -1.86. The van der Waals surface area contributed by atoms with E-state index in [1.165, 1.54) is 0 Å². The van der Waals surface area contributed by atoms with Gasteiger partial charge < -0.3 is 19.5 Å². The zero-order chi connectivity index (χ0) is 19.4. The Labute approximate surface area is 164 Å². The highest BCUT2D eigenvalue weighted by Crippen LogP contribution is 2.26. The zero-order valence-corrected chi connectivity index (χ0v) is 17.2. The van der Waals surface area contributed by atoms with Crippen molar-refractivity contribution in [1.82, 2.24) is 14.8 Å². The Bertz CT molecular complexity index is 788. The summed E-state index contributed by atoms with van der Waals surface area (Å²) in [4.78, 5) is 27.1. The van der Waals surface area contributed by atoms with Gasteiger partial charge in [-0.3, -0.25) is 9.59 Å². The quantitative estimate of drug-likeness (QED) is 0.738. The molecule has 0 radical (unpaired) electrons. The van der Waals surface area contributed by atoms with Crippen LogP contribution in [0.15, 0.2) is 17.5 Å². The monoisotopic (exact) mass is 391 g/mol. The lowest BCUT2D eigenvalue weighted by molar-refractivity contribution is -0.126. The summed E-state index contributed by atoms with van der Waals surface area (Å²) in [5, 5.41) is 5.04. The number of piperidine rings is 1. The first kappa shape index (κ1) is 19.9. The first-order valence-electron chi connectivity index (χ1n) is 9.69. The fourth-order valence-corrected chi connectivity index (χ4v) is 4.36. The van der Waals surface area contributed by atoms with Crippen molar-refractivity contribution in [3.63, 3.8) is 0 Å². The number of aromatic nitrogens is 1. The average Bonchev–Trinajstić information content (AvgIpc) is 3.23. The molecular formula is C20H29N3O3S. The molecule has 2 aromatic rings. The molecule has 0 unspecified atom stereocenters. The number of likely N-dealkylation sites (tertiary alicyclic amines) is 1. The van der Waals surface area contributed by atoms with E-state index in [9.17, 15) is 9.59 Å². The smallest absolute Gasteiger partial charge is 0.270 e. The summed E-state index contributed by atoms with van der Waals surface area (Å²) >= 11 is 1.65. The van der Waals surface area contributed by atoms with Crippen LogP contribution in [-0.4, -0.2) is 53.6 Å². The van der Waals surface area contributed by atoms with E-state index in [0.29, 0.717) is 26.2 Å². The van der Waals surface area contributed by atoms with Crippen LogP contribution in [0.2, 0.25) is 0 Å². The highest BCUT2D eigenvalue weighted by Gasteiger charge is 2.29. The minimum Gasteiger partial charge on any atom is -0.379 e. The Kier molecular flexibility index (Phi) is 6.55. The van der Waals surface area contributed by atoms with Gasteiger partial charge in [0.1, 0.15) is 5.69 Å². The second-order valence-corrected chi connectivity index (χ2v) is 8.34. The lowest BCUT2D eigenvalue weighted by atomic mass is 9.95. The van der Waals surface area contributed by atoms with Gasteiger partial charge in [0, 0.05) is 39.2 Å². The molecule has 3 rings (SSSR count). The van der Waals surface area contributed by atoms with E-state index in [-0.39, 0.29) is 23.8 Å². The number of thiophene rings is 1. The summed E-state index contributed by atoms with van der Waals surface area (Å²) in [7, 11) is 1.94. The number of carbonyl (C=O) groups excluding carboxylic acids is 2. The van der Waals surface area contributed by atoms with Crippen LogP contribution in [0.25, 0.3) is 10.2 Å². The molecule has 1 saturated heterocycles. The number of amides is 2. The molecule has 0 aliphatic carbocycles. The van der Waals surface area contributed by atoms with Crippen LogP contribution in [0.4, 0.5) is 0 Å². The maximum atomic E-state index is 12.9. The first-order chi connectivity index (χ1) is 13.0. The van der Waals surface area contributed by atoms with Gasteiger partial charge >= 0.3 is 0 Å². The number of carbonyl (C=O) groups is 2. The topological polar surface area (TPSA) is 63.6 Å². The Morgan fingerprint density at radius 2 is 2.07 bits per heavy atom. The number of rotatable bonds is 7. The molecule has 1 aliphatic heterocycles. The number of ether oxygens (including phenoxy) is 1. The molecule has 7 heteroatoms. The molecule has 1 aliphatic rings. The molecule has 0 bridgehead atoms. The molecule has 3 heterocycles. The molecule has 6 nitrogen and oxygen atoms in total. The fourth-order valence-electron chi connectivity index (χ4n) is 3.51. The van der Waals surface area contributed by atoms with E-state index in [1.807, 2.05) is 47.9 Å². The SMILES string of the molecule is CC(C)OCCCNC(=O)C1CCN(C(=O)c2cc3sccc3n2C)CC1. The minimum atomic E-state index is -0.00280. The molecule has 0 saturated carbocycles. The van der Waals surface area contributed by atoms with Crippen LogP contribution in [0.5, 0.6) is 0 Å². The second-order valence-electron chi connectivity index (χ2n) is 7.39. The predicted octanol–water partition coefficient (Wildman–Crippen LogP) is 3.02. The number of hydrogen-bond donors (Lipinski definition) is 1. The van der Waals surface area contributed by atoms with Gasteiger partial charge in [0.05, 0.1) is 16.3 Å². The summed E-state index contributed by atoms with van der Waals surface area (Å²) in [5.41, 5.74) is 1.82. The Morgan fingerprint density at radius 3 is 2.74 bits per heavy atom. The van der Waals surface area contributed by atoms with Gasteiger partial charge in [-0.2, -0.15) is 0 Å². The van der Waals surface area contributed by atoms with Crippen LogP contribution < -0.4 is 5.32 Å². The maximum absolute atomic E-state index is 12.9. The van der Waals surface area contributed by atoms with Crippen LogP contribution >= 0.6 is 11.3 Å². The largest absolute Gasteiger partial charge is 0.379 e. The van der Waals surface area contributed by atoms with Gasteiger partial charge in [0.15, 0.2) is 0 Å². The van der Waals surface area contributed by atoms with Crippen LogP contribution in [0.3, 0.4) is 0 Å². The summed E-state index contributed by atoms with van der Waals surface area (Å²) in [6.45, 7) is 6.58. The summed E-state index contributed by atoms with van der Waals surface area (Å²) in [5.74, 6) is 0.161. The Balaban J connectivity index is 1.45. The van der Waals surface area contributed by atoms with E-state index < -0.39 is 0 Å². The van der Waals surface area contributed by atoms with Crippen molar-refractivity contribution in [2.24, 2.45) is 13.0 Å². The van der Waals surface area contributed by atoms with Crippen molar-refractivity contribution in [2.45, 2.75) is 39.2 Å². The molecule has 27 heavy (non-hydrogen) atoms. The van der Waals surface area contributed by atoms with Crippen LogP contribution in [0, 0.1) is 5.92 Å². The molecular weight excluding hydrogens is 362 g/mol. The second kappa shape index (κ2) is 8.89. The third-order valence-electron chi connectivity index (χ3n) is 5.11. The third kappa shape index (κ3) is 4.71. The predicted molar refractivity (Wildman–Crippen MR) is 108 cm³/mol. The lowest BCUT2D eigenvalue weighted by Gasteiger charge is -2.31. The molecule has 2 aromatic heterocycles. The van der Waals surface area contributed by atoms with Crippen molar-refractivity contribution in [2.75, 3.05) is 26.2 Å². The number of nitrogens with zero attached hydrogens (tertiary/aromatic N) is 2. The van der Waals surface area contributed by atoms with E-state index in [2.05, 4.69) is 5.32 Å². The molecule has 148 valence electrons. The highest BCUT2D eigenvalue weighted by molar-refractivity contribution is 7.17. The molecule has 1 N–H and O–H groups in total. The van der Waals surface area contributed by atoms with Gasteiger partial charge in [0.25, 0.3) is 5.91 Å². The number of aryl methyl sites for hydroxylation is 1. The summed E-state index contributed by atoms with van der Waals surface area (Å²) in [6.07, 6.45) is 2.49. The first-order valence-corrected chi connectivity index (χ1v) is 10.6. The van der Waals surface area contributed by atoms with Crippen molar-refractivity contribution in [3.8, 4) is 0 Å². The minimum absolute atomic E-state index is 0.00280. The summed E-state index contributed by atoms with van der Waals surface area (Å²) in [6, 6.07) is 4.01. The van der Waals surface area contributed by atoms with E-state index >= 15 is 0 Å². The maximum Gasteiger partial charge on any atom is 0.270 e. The average molecular weight is 392 g/mol. The molecule has 0 atom stereocenters. The van der Waals surface area contributed by atoms with Crippen LogP contribution in [0.1, 0.15) is 43.6 Å². The lowest BCUT2D eigenvalue weighted by Crippen LogP contribution is -2.43. The van der Waals surface area contributed by atoms with Gasteiger partial charge in [-0.05, 0) is 50.6 Å². The van der Waals surface area contributed by atoms with Gasteiger partial charge in [0.2, 0.25) is 5.91 Å². The van der Waals surface area contributed by atoms with Gasteiger partial charge in [-0.15, -0.1) is 11.3 Å².